The molecule has 0 radical (unpaired) electrons. The number of rotatable bonds is 15. The number of allylic oxidation sites excluding steroid dienone is 1. The van der Waals surface area contributed by atoms with Crippen molar-refractivity contribution in [3.63, 3.8) is 0 Å². The van der Waals surface area contributed by atoms with E-state index in [-0.39, 0.29) is 49.9 Å². The number of oxime groups is 1. The molecule has 0 aliphatic carbocycles. The first-order valence-corrected chi connectivity index (χ1v) is 16.4. The Kier molecular flexibility index (Phi) is 17.2. The molecule has 12 nitrogen and oxygen atoms in total. The van der Waals surface area contributed by atoms with Gasteiger partial charge in [0.1, 0.15) is 23.2 Å². The molecule has 2 aliphatic rings. The third-order valence-corrected chi connectivity index (χ3v) is 7.31. The molecule has 2 atom stereocenters. The van der Waals surface area contributed by atoms with Crippen molar-refractivity contribution in [3.05, 3.63) is 47.6 Å². The SMILES string of the molecule is CCOCOc1cc2c(c(OCOCC)c1)C(=O)O[C@H](C)C/C=C/[C@@H](OCCCN)C/C=C/C(=NOCC(=O)N1CCCCC1)C2. The van der Waals surface area contributed by atoms with Crippen molar-refractivity contribution in [2.24, 2.45) is 10.9 Å². The van der Waals surface area contributed by atoms with Crippen LogP contribution in [0.2, 0.25) is 0 Å². The molecular weight excluding hydrogens is 594 g/mol. The van der Waals surface area contributed by atoms with Crippen LogP contribution >= 0.6 is 0 Å². The lowest BCUT2D eigenvalue weighted by molar-refractivity contribution is -0.137. The Labute approximate surface area is 272 Å². The fourth-order valence-electron chi connectivity index (χ4n) is 4.89. The van der Waals surface area contributed by atoms with Gasteiger partial charge >= 0.3 is 5.97 Å². The van der Waals surface area contributed by atoms with E-state index in [0.29, 0.717) is 56.2 Å². The summed E-state index contributed by atoms with van der Waals surface area (Å²) >= 11 is 0. The number of cyclic esters (lactones) is 1. The molecule has 0 bridgehead atoms. The van der Waals surface area contributed by atoms with Gasteiger partial charge in [-0.15, -0.1) is 0 Å². The van der Waals surface area contributed by atoms with E-state index < -0.39 is 12.1 Å². The molecule has 2 heterocycles. The summed E-state index contributed by atoms with van der Waals surface area (Å²) in [6, 6.07) is 3.36. The summed E-state index contributed by atoms with van der Waals surface area (Å²) < 4.78 is 34.5. The molecule has 0 unspecified atom stereocenters. The first-order chi connectivity index (χ1) is 22.4. The van der Waals surface area contributed by atoms with E-state index in [4.69, 9.17) is 39.0 Å². The number of benzene rings is 1. The standard InChI is InChI=1S/C34H51N3O9/c1-4-40-24-43-30-21-27-20-28(36-45-23-32(38)37-17-7-6-8-18-37)13-10-15-29(42-19-11-16-35)14-9-12-26(3)46-34(39)33(27)31(22-30)44-25-41-5-2/h9-10,13-14,21-22,26,29H,4-8,11-12,15-20,23-25,35H2,1-3H3/b13-10+,14-9+,36-28?/t26-,29-/m1/s1. The lowest BCUT2D eigenvalue weighted by atomic mass is 9.99. The molecule has 3 rings (SSSR count). The largest absolute Gasteiger partial charge is 0.467 e. The fourth-order valence-corrected chi connectivity index (χ4v) is 4.89. The molecule has 46 heavy (non-hydrogen) atoms. The van der Waals surface area contributed by atoms with Crippen LogP contribution in [0, 0.1) is 0 Å². The van der Waals surface area contributed by atoms with Gasteiger partial charge in [0.05, 0.1) is 11.8 Å². The number of hydrogen-bond donors (Lipinski definition) is 1. The second kappa shape index (κ2) is 21.4. The Balaban J connectivity index is 1.99. The average molecular weight is 646 g/mol. The maximum Gasteiger partial charge on any atom is 0.342 e. The highest BCUT2D eigenvalue weighted by Gasteiger charge is 2.25. The summed E-state index contributed by atoms with van der Waals surface area (Å²) in [6.07, 6.45) is 12.1. The molecule has 1 aromatic carbocycles. The van der Waals surface area contributed by atoms with Crippen LogP contribution in [0.25, 0.3) is 0 Å². The Morgan fingerprint density at radius 1 is 1.04 bits per heavy atom. The van der Waals surface area contributed by atoms with E-state index in [1.807, 2.05) is 45.1 Å². The summed E-state index contributed by atoms with van der Waals surface area (Å²) in [7, 11) is 0. The number of hydrogen-bond acceptors (Lipinski definition) is 11. The van der Waals surface area contributed by atoms with Crippen LogP contribution in [-0.2, 0) is 35.0 Å². The van der Waals surface area contributed by atoms with E-state index in [0.717, 1.165) is 38.8 Å². The van der Waals surface area contributed by atoms with Crippen molar-refractivity contribution >= 4 is 17.6 Å². The van der Waals surface area contributed by atoms with Crippen LogP contribution < -0.4 is 15.2 Å². The minimum absolute atomic E-state index is 0.0160. The normalized spacial score (nSPS) is 21.5. The van der Waals surface area contributed by atoms with Crippen molar-refractivity contribution in [1.29, 1.82) is 0 Å². The highest BCUT2D eigenvalue weighted by molar-refractivity contribution is 6.00. The van der Waals surface area contributed by atoms with E-state index in [1.54, 1.807) is 17.0 Å². The lowest BCUT2D eigenvalue weighted by Crippen LogP contribution is -2.37. The topological polar surface area (TPSA) is 140 Å². The Hall–Kier alpha value is -3.45. The molecule has 1 fully saturated rings. The molecule has 1 aromatic rings. The molecule has 1 amide bonds. The highest BCUT2D eigenvalue weighted by atomic mass is 16.7. The molecule has 0 aromatic heterocycles. The Morgan fingerprint density at radius 3 is 2.54 bits per heavy atom. The highest BCUT2D eigenvalue weighted by Crippen LogP contribution is 2.32. The zero-order chi connectivity index (χ0) is 33.0. The predicted molar refractivity (Wildman–Crippen MR) is 174 cm³/mol. The van der Waals surface area contributed by atoms with Crippen molar-refractivity contribution in [2.45, 2.75) is 77.9 Å². The van der Waals surface area contributed by atoms with E-state index in [2.05, 4.69) is 5.16 Å². The summed E-state index contributed by atoms with van der Waals surface area (Å²) in [4.78, 5) is 33.9. The van der Waals surface area contributed by atoms with Gasteiger partial charge in [-0.3, -0.25) is 4.79 Å². The van der Waals surface area contributed by atoms with Crippen molar-refractivity contribution < 1.29 is 42.8 Å². The number of nitrogens with two attached hydrogens (primary N) is 1. The first-order valence-electron chi connectivity index (χ1n) is 16.4. The number of carbonyl (C=O) groups is 2. The van der Waals surface area contributed by atoms with Gasteiger partial charge in [-0.05, 0) is 77.1 Å². The number of carbonyl (C=O) groups excluding carboxylic acids is 2. The number of nitrogens with zero attached hydrogens (tertiary/aromatic N) is 2. The van der Waals surface area contributed by atoms with Crippen molar-refractivity contribution in [3.8, 4) is 11.5 Å². The number of amides is 1. The van der Waals surface area contributed by atoms with E-state index in [1.165, 1.54) is 0 Å². The summed E-state index contributed by atoms with van der Waals surface area (Å²) in [5, 5.41) is 4.36. The van der Waals surface area contributed by atoms with Crippen LogP contribution in [-0.4, -0.2) is 94.3 Å². The predicted octanol–water partition coefficient (Wildman–Crippen LogP) is 4.55. The smallest absolute Gasteiger partial charge is 0.342 e. The molecule has 0 saturated carbocycles. The van der Waals surface area contributed by atoms with E-state index in [9.17, 15) is 9.59 Å². The first kappa shape index (κ1) is 37.0. The molecule has 12 heteroatoms. The number of likely N-dealkylation sites (tertiary alicyclic amines) is 1. The van der Waals surface area contributed by atoms with E-state index >= 15 is 0 Å². The number of piperidine rings is 1. The lowest BCUT2D eigenvalue weighted by Gasteiger charge is -2.26. The maximum atomic E-state index is 13.7. The number of esters is 1. The van der Waals surface area contributed by atoms with Gasteiger partial charge in [0.25, 0.3) is 5.91 Å². The number of fused-ring (bicyclic) bond motifs is 1. The quantitative estimate of drug-likeness (QED) is 0.0950. The zero-order valence-electron chi connectivity index (χ0n) is 27.6. The van der Waals surface area contributed by atoms with Crippen LogP contribution in [0.15, 0.2) is 41.6 Å². The monoisotopic (exact) mass is 645 g/mol. The minimum Gasteiger partial charge on any atom is -0.467 e. The van der Waals surface area contributed by atoms with Gasteiger partial charge in [0.15, 0.2) is 20.2 Å². The molecule has 256 valence electrons. The second-order valence-electron chi connectivity index (χ2n) is 11.0. The van der Waals surface area contributed by atoms with Gasteiger partial charge in [0.2, 0.25) is 0 Å². The summed E-state index contributed by atoms with van der Waals surface area (Å²) in [5.41, 5.74) is 6.90. The fraction of sp³-hybridized carbons (Fsp3) is 0.618. The third-order valence-electron chi connectivity index (χ3n) is 7.31. The van der Waals surface area contributed by atoms with Crippen molar-refractivity contribution in [2.75, 3.05) is 59.6 Å². The summed E-state index contributed by atoms with van der Waals surface area (Å²) in [5.74, 6) is 0.0105. The molecule has 1 saturated heterocycles. The minimum atomic E-state index is -0.559. The van der Waals surface area contributed by atoms with Gasteiger partial charge in [-0.25, -0.2) is 4.79 Å². The van der Waals surface area contributed by atoms with Crippen LogP contribution in [0.1, 0.15) is 75.2 Å². The number of ether oxygens (including phenoxy) is 6. The maximum absolute atomic E-state index is 13.7. The van der Waals surface area contributed by atoms with Gasteiger partial charge in [-0.2, -0.15) is 0 Å². The molecule has 0 spiro atoms. The molecular formula is C34H51N3O9. The average Bonchev–Trinajstić information content (AvgIpc) is 3.04. The zero-order valence-corrected chi connectivity index (χ0v) is 27.6. The molecule has 2 aliphatic heterocycles. The van der Waals surface area contributed by atoms with Crippen LogP contribution in [0.3, 0.4) is 0 Å². The summed E-state index contributed by atoms with van der Waals surface area (Å²) in [6.45, 7) is 8.73. The second-order valence-corrected chi connectivity index (χ2v) is 11.0. The Bertz CT molecular complexity index is 1160. The molecule has 2 N–H and O–H groups in total. The van der Waals surface area contributed by atoms with Gasteiger partial charge in [-0.1, -0.05) is 23.4 Å². The van der Waals surface area contributed by atoms with Crippen LogP contribution in [0.4, 0.5) is 0 Å². The van der Waals surface area contributed by atoms with Crippen molar-refractivity contribution in [1.82, 2.24) is 4.90 Å². The van der Waals surface area contributed by atoms with Gasteiger partial charge < -0.3 is 43.9 Å². The van der Waals surface area contributed by atoms with Gasteiger partial charge in [0, 0.05) is 51.8 Å². The third kappa shape index (κ3) is 13.1. The van der Waals surface area contributed by atoms with Crippen LogP contribution in [0.5, 0.6) is 11.5 Å². The Morgan fingerprint density at radius 2 is 1.80 bits per heavy atom.